The van der Waals surface area contributed by atoms with Gasteiger partial charge in [-0.05, 0) is 102 Å². The predicted octanol–water partition coefficient (Wildman–Crippen LogP) is 6.71. The Bertz CT molecular complexity index is 1730. The average molecular weight is 663 g/mol. The number of carbonyl (C=O) groups is 2. The minimum atomic E-state index is -0.576. The Hall–Kier alpha value is -4.68. The SMILES string of the molecule is COC(=O)Nc1ccc(-c2cc(C(CC(C)CC(=N)CC3CC3)NC(=O)/C=C/c3cc(Cl)ccc3-n3cnnn3)nnc2Cl)cc1. The molecular weight excluding hydrogens is 629 g/mol. The van der Waals surface area contributed by atoms with Crippen LogP contribution in [0.15, 0.2) is 60.9 Å². The first kappa shape index (κ1) is 32.7. The molecule has 1 aliphatic carbocycles. The molecular formula is C32H33Cl2N9O3. The Morgan fingerprint density at radius 2 is 1.91 bits per heavy atom. The number of aromatic nitrogens is 6. The number of ether oxygens (including phenoxy) is 1. The van der Waals surface area contributed by atoms with Crippen molar-refractivity contribution in [3.63, 3.8) is 0 Å². The van der Waals surface area contributed by atoms with Crippen molar-refractivity contribution in [1.29, 1.82) is 5.41 Å². The fourth-order valence-electron chi connectivity index (χ4n) is 5.10. The normalized spacial score (nSPS) is 14.1. The maximum absolute atomic E-state index is 13.4. The molecule has 2 atom stereocenters. The number of hydrogen-bond donors (Lipinski definition) is 3. The second-order valence-electron chi connectivity index (χ2n) is 11.3. The molecule has 2 amide bonds. The predicted molar refractivity (Wildman–Crippen MR) is 176 cm³/mol. The summed E-state index contributed by atoms with van der Waals surface area (Å²) in [7, 11) is 1.29. The van der Waals surface area contributed by atoms with Gasteiger partial charge in [0.1, 0.15) is 6.33 Å². The van der Waals surface area contributed by atoms with Crippen LogP contribution < -0.4 is 10.6 Å². The second-order valence-corrected chi connectivity index (χ2v) is 12.1. The third kappa shape index (κ3) is 8.95. The molecule has 238 valence electrons. The van der Waals surface area contributed by atoms with Crippen LogP contribution in [0.3, 0.4) is 0 Å². The van der Waals surface area contributed by atoms with Crippen molar-refractivity contribution in [2.45, 2.75) is 45.1 Å². The fourth-order valence-corrected chi connectivity index (χ4v) is 5.49. The monoisotopic (exact) mass is 661 g/mol. The van der Waals surface area contributed by atoms with E-state index in [0.717, 1.165) is 17.7 Å². The van der Waals surface area contributed by atoms with Crippen molar-refractivity contribution in [3.05, 3.63) is 82.4 Å². The van der Waals surface area contributed by atoms with Crippen molar-refractivity contribution >= 4 is 52.7 Å². The zero-order chi connectivity index (χ0) is 32.6. The van der Waals surface area contributed by atoms with Crippen LogP contribution in [0.2, 0.25) is 10.2 Å². The van der Waals surface area contributed by atoms with E-state index in [1.807, 2.05) is 6.07 Å². The van der Waals surface area contributed by atoms with Crippen LogP contribution in [-0.2, 0) is 9.53 Å². The largest absolute Gasteiger partial charge is 0.453 e. The molecule has 12 nitrogen and oxygen atoms in total. The number of tetrazole rings is 1. The molecule has 46 heavy (non-hydrogen) atoms. The smallest absolute Gasteiger partial charge is 0.411 e. The first-order chi connectivity index (χ1) is 22.2. The van der Waals surface area contributed by atoms with Gasteiger partial charge < -0.3 is 15.5 Å². The fraction of sp³-hybridized carbons (Fsp3) is 0.312. The van der Waals surface area contributed by atoms with E-state index >= 15 is 0 Å². The number of rotatable bonds is 13. The molecule has 1 aliphatic rings. The van der Waals surface area contributed by atoms with Gasteiger partial charge in [-0.1, -0.05) is 42.3 Å². The van der Waals surface area contributed by atoms with Gasteiger partial charge in [0.15, 0.2) is 5.15 Å². The van der Waals surface area contributed by atoms with E-state index in [9.17, 15) is 9.59 Å². The van der Waals surface area contributed by atoms with Gasteiger partial charge in [0, 0.05) is 33.6 Å². The molecule has 2 aromatic heterocycles. The maximum atomic E-state index is 13.4. The molecule has 0 spiro atoms. The first-order valence-corrected chi connectivity index (χ1v) is 15.5. The standard InChI is InChI=1S/C32H33Cl2N9O3/c1-19(13-24(35)15-20-3-4-20)14-27(38-30(44)12-7-22-16-23(33)8-11-29(22)43-18-36-41-42-43)28-17-26(31(34)40-39-28)21-5-9-25(10-6-21)37-32(45)46-2/h5-12,16-20,27,35H,3-4,13-15H2,1-2H3,(H,37,45)(H,38,44)/b12-7+,35-24?. The van der Waals surface area contributed by atoms with E-state index in [4.69, 9.17) is 28.6 Å². The topological polar surface area (TPSA) is 161 Å². The van der Waals surface area contributed by atoms with Crippen LogP contribution in [0.5, 0.6) is 0 Å². The van der Waals surface area contributed by atoms with E-state index in [2.05, 4.69) is 48.0 Å². The van der Waals surface area contributed by atoms with Gasteiger partial charge in [0.05, 0.1) is 24.5 Å². The van der Waals surface area contributed by atoms with E-state index < -0.39 is 12.1 Å². The Morgan fingerprint density at radius 3 is 2.61 bits per heavy atom. The van der Waals surface area contributed by atoms with Crippen molar-refractivity contribution in [2.24, 2.45) is 11.8 Å². The molecule has 2 aromatic carbocycles. The Balaban J connectivity index is 1.39. The zero-order valence-electron chi connectivity index (χ0n) is 25.3. The van der Waals surface area contributed by atoms with Crippen LogP contribution in [0, 0.1) is 17.2 Å². The van der Waals surface area contributed by atoms with Gasteiger partial charge in [-0.3, -0.25) is 10.1 Å². The lowest BCUT2D eigenvalue weighted by Crippen LogP contribution is -2.29. The summed E-state index contributed by atoms with van der Waals surface area (Å²) >= 11 is 12.7. The highest BCUT2D eigenvalue weighted by Gasteiger charge is 2.25. The summed E-state index contributed by atoms with van der Waals surface area (Å²) in [6.07, 6.45) is 8.29. The summed E-state index contributed by atoms with van der Waals surface area (Å²) in [5.74, 6) is 0.359. The summed E-state index contributed by atoms with van der Waals surface area (Å²) in [5, 5.41) is 34.8. The molecule has 2 unspecified atom stereocenters. The molecule has 1 saturated carbocycles. The summed E-state index contributed by atoms with van der Waals surface area (Å²) in [6, 6.07) is 13.5. The maximum Gasteiger partial charge on any atom is 0.411 e. The molecule has 5 rings (SSSR count). The number of anilines is 1. The van der Waals surface area contributed by atoms with Gasteiger partial charge in [0.2, 0.25) is 5.91 Å². The van der Waals surface area contributed by atoms with E-state index in [1.54, 1.807) is 48.5 Å². The molecule has 4 aromatic rings. The minimum absolute atomic E-state index is 0.0875. The summed E-state index contributed by atoms with van der Waals surface area (Å²) < 4.78 is 6.14. The third-order valence-corrected chi connectivity index (χ3v) is 8.05. The number of halogens is 2. The Labute approximate surface area is 276 Å². The van der Waals surface area contributed by atoms with Crippen molar-refractivity contribution in [1.82, 2.24) is 35.7 Å². The number of nitrogens with zero attached hydrogens (tertiary/aromatic N) is 6. The Morgan fingerprint density at radius 1 is 1.13 bits per heavy atom. The highest BCUT2D eigenvalue weighted by Crippen LogP contribution is 2.35. The molecule has 2 heterocycles. The summed E-state index contributed by atoms with van der Waals surface area (Å²) in [6.45, 7) is 2.07. The molecule has 0 aliphatic heterocycles. The van der Waals surface area contributed by atoms with E-state index in [0.29, 0.717) is 52.0 Å². The Kier molecular flexibility index (Phi) is 10.7. The van der Waals surface area contributed by atoms with Crippen molar-refractivity contribution in [2.75, 3.05) is 12.4 Å². The number of methoxy groups -OCH3 is 1. The number of amides is 2. The van der Waals surface area contributed by atoms with Crippen LogP contribution in [-0.4, -0.2) is 55.2 Å². The molecule has 1 fully saturated rings. The molecule has 14 heteroatoms. The molecule has 3 N–H and O–H groups in total. The van der Waals surface area contributed by atoms with E-state index in [1.165, 1.54) is 37.0 Å². The lowest BCUT2D eigenvalue weighted by Gasteiger charge is -2.22. The number of benzene rings is 2. The lowest BCUT2D eigenvalue weighted by atomic mass is 9.92. The third-order valence-electron chi connectivity index (χ3n) is 7.53. The highest BCUT2D eigenvalue weighted by molar-refractivity contribution is 6.32. The molecule has 0 radical (unpaired) electrons. The van der Waals surface area contributed by atoms with Crippen LogP contribution in [0.25, 0.3) is 22.9 Å². The highest BCUT2D eigenvalue weighted by atomic mass is 35.5. The average Bonchev–Trinajstić information content (AvgIpc) is 3.67. The molecule has 0 saturated heterocycles. The second kappa shape index (κ2) is 15.1. The van der Waals surface area contributed by atoms with Crippen LogP contribution in [0.4, 0.5) is 10.5 Å². The quantitative estimate of drug-likeness (QED) is 0.105. The minimum Gasteiger partial charge on any atom is -0.453 e. The van der Waals surface area contributed by atoms with Gasteiger partial charge in [-0.25, -0.2) is 4.79 Å². The molecule has 0 bridgehead atoms. The summed E-state index contributed by atoms with van der Waals surface area (Å²) in [5.41, 5.74) is 4.46. The van der Waals surface area contributed by atoms with Gasteiger partial charge >= 0.3 is 6.09 Å². The number of nitrogens with one attached hydrogen (secondary N) is 3. The van der Waals surface area contributed by atoms with E-state index in [-0.39, 0.29) is 17.0 Å². The van der Waals surface area contributed by atoms with Crippen molar-refractivity contribution < 1.29 is 14.3 Å². The number of carbonyl (C=O) groups excluding carboxylic acids is 2. The number of hydrogen-bond acceptors (Lipinski definition) is 9. The van der Waals surface area contributed by atoms with Gasteiger partial charge in [-0.15, -0.1) is 10.2 Å². The summed E-state index contributed by atoms with van der Waals surface area (Å²) in [4.78, 5) is 25.0. The van der Waals surface area contributed by atoms with Gasteiger partial charge in [0.25, 0.3) is 0 Å². The van der Waals surface area contributed by atoms with Gasteiger partial charge in [-0.2, -0.15) is 9.78 Å². The zero-order valence-corrected chi connectivity index (χ0v) is 26.8. The van der Waals surface area contributed by atoms with Crippen LogP contribution in [0.1, 0.15) is 56.3 Å². The van der Waals surface area contributed by atoms with Crippen molar-refractivity contribution in [3.8, 4) is 16.8 Å². The first-order valence-electron chi connectivity index (χ1n) is 14.7. The van der Waals surface area contributed by atoms with Crippen LogP contribution >= 0.6 is 23.2 Å². The lowest BCUT2D eigenvalue weighted by molar-refractivity contribution is -0.117.